The van der Waals surface area contributed by atoms with E-state index in [1.807, 2.05) is 34.6 Å². The van der Waals surface area contributed by atoms with Crippen molar-refractivity contribution >= 4 is 47.2 Å². The number of esters is 1. The molecule has 0 bridgehead atoms. The van der Waals surface area contributed by atoms with Crippen LogP contribution in [-0.2, 0) is 21.1 Å². The van der Waals surface area contributed by atoms with Crippen molar-refractivity contribution in [2.75, 3.05) is 5.32 Å². The fourth-order valence-electron chi connectivity index (χ4n) is 2.52. The molecule has 1 atom stereocenters. The summed E-state index contributed by atoms with van der Waals surface area (Å²) in [6, 6.07) is 5.85. The fraction of sp³-hybridized carbons (Fsp3) is 0.455. The molecule has 0 aliphatic heterocycles. The summed E-state index contributed by atoms with van der Waals surface area (Å²) in [7, 11) is 0. The van der Waals surface area contributed by atoms with E-state index in [-0.39, 0.29) is 36.4 Å². The molecule has 32 heavy (non-hydrogen) atoms. The van der Waals surface area contributed by atoms with Crippen LogP contribution in [0.25, 0.3) is 0 Å². The predicted octanol–water partition coefficient (Wildman–Crippen LogP) is 3.57. The second-order valence-corrected chi connectivity index (χ2v) is 9.67. The van der Waals surface area contributed by atoms with Crippen LogP contribution in [0.4, 0.5) is 5.69 Å². The van der Waals surface area contributed by atoms with E-state index in [0.717, 1.165) is 0 Å². The van der Waals surface area contributed by atoms with Gasteiger partial charge in [-0.2, -0.15) is 4.99 Å². The Bertz CT molecular complexity index is 990. The van der Waals surface area contributed by atoms with Gasteiger partial charge in [-0.1, -0.05) is 34.6 Å². The topological polar surface area (TPSA) is 116 Å². The van der Waals surface area contributed by atoms with Gasteiger partial charge < -0.3 is 15.8 Å². The second kappa shape index (κ2) is 11.9. The van der Waals surface area contributed by atoms with Crippen LogP contribution in [0, 0.1) is 11.3 Å². The molecule has 176 valence electrons. The third kappa shape index (κ3) is 8.57. The number of hydrogen-bond acceptors (Lipinski definition) is 6. The molecule has 0 aliphatic carbocycles. The second-order valence-electron chi connectivity index (χ2n) is 8.80. The van der Waals surface area contributed by atoms with E-state index in [1.54, 1.807) is 40.4 Å². The molecule has 0 fully saturated rings. The number of hydrogen-bond donors (Lipinski definition) is 2. The van der Waals surface area contributed by atoms with E-state index >= 15 is 0 Å². The number of ether oxygens (including phenoxy) is 1. The van der Waals surface area contributed by atoms with Crippen molar-refractivity contribution in [1.82, 2.24) is 4.57 Å². The third-order valence-corrected chi connectivity index (χ3v) is 5.09. The predicted molar refractivity (Wildman–Crippen MR) is 127 cm³/mol. The van der Waals surface area contributed by atoms with Crippen LogP contribution in [0.5, 0.6) is 0 Å². The quantitative estimate of drug-likeness (QED) is 0.585. The first-order valence-electron chi connectivity index (χ1n) is 10.0. The van der Waals surface area contributed by atoms with Crippen molar-refractivity contribution in [3.63, 3.8) is 0 Å². The van der Waals surface area contributed by atoms with Crippen LogP contribution >= 0.6 is 23.7 Å². The highest BCUT2D eigenvalue weighted by Crippen LogP contribution is 2.20. The van der Waals surface area contributed by atoms with Crippen LogP contribution < -0.4 is 15.9 Å². The molecule has 2 aromatic rings. The number of thiazole rings is 1. The highest BCUT2D eigenvalue weighted by Gasteiger charge is 2.19. The minimum absolute atomic E-state index is 0. The molecule has 0 saturated carbocycles. The zero-order valence-corrected chi connectivity index (χ0v) is 20.6. The maximum Gasteiger partial charge on any atom is 0.324 e. The Morgan fingerprint density at radius 3 is 2.38 bits per heavy atom. The molecule has 0 saturated heterocycles. The summed E-state index contributed by atoms with van der Waals surface area (Å²) < 4.78 is 6.78. The Morgan fingerprint density at radius 2 is 1.81 bits per heavy atom. The number of carbonyl (C=O) groups is 3. The Balaban J connectivity index is 0.00000512. The number of amides is 2. The number of aromatic nitrogens is 1. The molecular formula is C22H31ClN4O4S. The summed E-state index contributed by atoms with van der Waals surface area (Å²) in [4.78, 5) is 41.0. The van der Waals surface area contributed by atoms with Crippen molar-refractivity contribution in [3.05, 3.63) is 46.2 Å². The minimum Gasteiger partial charge on any atom is -0.443 e. The van der Waals surface area contributed by atoms with Gasteiger partial charge in [0.25, 0.3) is 5.91 Å². The Morgan fingerprint density at radius 1 is 1.19 bits per heavy atom. The number of rotatable bonds is 7. The molecule has 2 rings (SSSR count). The third-order valence-electron chi connectivity index (χ3n) is 4.30. The average Bonchev–Trinajstić information content (AvgIpc) is 3.11. The molecule has 1 aromatic heterocycles. The van der Waals surface area contributed by atoms with Gasteiger partial charge in [0.1, 0.15) is 6.04 Å². The Hall–Kier alpha value is -2.49. The normalized spacial score (nSPS) is 12.8. The van der Waals surface area contributed by atoms with Gasteiger partial charge in [-0.3, -0.25) is 19.0 Å². The molecule has 8 nitrogen and oxygen atoms in total. The lowest BCUT2D eigenvalue weighted by molar-refractivity contribution is -0.150. The number of nitrogens with two attached hydrogens (primary N) is 1. The molecule has 1 aromatic carbocycles. The Kier molecular flexibility index (Phi) is 10.3. The van der Waals surface area contributed by atoms with Gasteiger partial charge in [0.15, 0.2) is 11.5 Å². The highest BCUT2D eigenvalue weighted by atomic mass is 35.5. The molecule has 0 unspecified atom stereocenters. The summed E-state index contributed by atoms with van der Waals surface area (Å²) in [6.45, 7) is 9.58. The van der Waals surface area contributed by atoms with Gasteiger partial charge in [0.05, 0.1) is 0 Å². The standard InChI is InChI=1S/C22H30N4O4S.ClH/c1-14(2)18(23)20(29)30-13-26-10-11-31-21(26)25-19(28)15-6-8-16(9-7-15)24-17(27)12-22(3,4)5;/h6-11,14,18H,12-13,23H2,1-5H3,(H,24,27);1H/b25-21-;/t18-;/m0./s1. The van der Waals surface area contributed by atoms with Crippen LogP contribution in [0.15, 0.2) is 40.8 Å². The fourth-order valence-corrected chi connectivity index (χ4v) is 3.24. The highest BCUT2D eigenvalue weighted by molar-refractivity contribution is 7.07. The lowest BCUT2D eigenvalue weighted by Gasteiger charge is -2.17. The molecule has 10 heteroatoms. The van der Waals surface area contributed by atoms with Crippen LogP contribution in [0.2, 0.25) is 0 Å². The van der Waals surface area contributed by atoms with Crippen molar-refractivity contribution in [1.29, 1.82) is 0 Å². The van der Waals surface area contributed by atoms with Gasteiger partial charge >= 0.3 is 5.97 Å². The van der Waals surface area contributed by atoms with E-state index in [0.29, 0.717) is 22.5 Å². The number of halogens is 1. The zero-order valence-electron chi connectivity index (χ0n) is 19.0. The number of benzene rings is 1. The van der Waals surface area contributed by atoms with Gasteiger partial charge in [-0.05, 0) is 35.6 Å². The summed E-state index contributed by atoms with van der Waals surface area (Å²) in [6.07, 6.45) is 2.08. The van der Waals surface area contributed by atoms with Gasteiger partial charge in [0.2, 0.25) is 5.91 Å². The monoisotopic (exact) mass is 482 g/mol. The summed E-state index contributed by atoms with van der Waals surface area (Å²) >= 11 is 1.25. The smallest absolute Gasteiger partial charge is 0.324 e. The lowest BCUT2D eigenvalue weighted by atomic mass is 9.92. The molecule has 0 aliphatic rings. The van der Waals surface area contributed by atoms with Crippen molar-refractivity contribution in [2.45, 2.75) is 53.8 Å². The molecular weight excluding hydrogens is 452 g/mol. The first-order chi connectivity index (χ1) is 14.5. The molecule has 0 radical (unpaired) electrons. The Labute approximate surface area is 198 Å². The summed E-state index contributed by atoms with van der Waals surface area (Å²) in [5.41, 5.74) is 6.67. The van der Waals surface area contributed by atoms with E-state index in [2.05, 4.69) is 10.3 Å². The van der Waals surface area contributed by atoms with Crippen molar-refractivity contribution in [2.24, 2.45) is 22.1 Å². The van der Waals surface area contributed by atoms with E-state index in [9.17, 15) is 14.4 Å². The molecule has 0 spiro atoms. The van der Waals surface area contributed by atoms with E-state index in [4.69, 9.17) is 10.5 Å². The molecule has 2 amide bonds. The summed E-state index contributed by atoms with van der Waals surface area (Å²) in [5, 5.41) is 4.57. The van der Waals surface area contributed by atoms with Gasteiger partial charge in [-0.25, -0.2) is 0 Å². The maximum atomic E-state index is 12.5. The van der Waals surface area contributed by atoms with Crippen LogP contribution in [0.3, 0.4) is 0 Å². The number of nitrogens with zero attached hydrogens (tertiary/aromatic N) is 2. The minimum atomic E-state index is -0.705. The van der Waals surface area contributed by atoms with Gasteiger partial charge in [0, 0.05) is 29.2 Å². The maximum absolute atomic E-state index is 12.5. The first kappa shape index (κ1) is 27.5. The molecule has 1 heterocycles. The van der Waals surface area contributed by atoms with Crippen LogP contribution in [-0.4, -0.2) is 28.4 Å². The number of carbonyl (C=O) groups excluding carboxylic acids is 3. The van der Waals surface area contributed by atoms with Crippen LogP contribution in [0.1, 0.15) is 51.4 Å². The van der Waals surface area contributed by atoms with E-state index in [1.165, 1.54) is 11.3 Å². The largest absolute Gasteiger partial charge is 0.443 e. The van der Waals surface area contributed by atoms with Gasteiger partial charge in [-0.15, -0.1) is 23.7 Å². The SMILES string of the molecule is CC(C)[C@H](N)C(=O)OCn1ccs/c1=N\C(=O)c1ccc(NC(=O)CC(C)(C)C)cc1.Cl. The average molecular weight is 483 g/mol. The first-order valence-corrected chi connectivity index (χ1v) is 10.9. The number of anilines is 1. The van der Waals surface area contributed by atoms with Crippen molar-refractivity contribution < 1.29 is 19.1 Å². The number of nitrogens with one attached hydrogen (secondary N) is 1. The van der Waals surface area contributed by atoms with Crippen molar-refractivity contribution in [3.8, 4) is 0 Å². The van der Waals surface area contributed by atoms with E-state index < -0.39 is 17.9 Å². The zero-order chi connectivity index (χ0) is 23.2. The lowest BCUT2D eigenvalue weighted by Crippen LogP contribution is -2.37. The summed E-state index contributed by atoms with van der Waals surface area (Å²) in [5.74, 6) is -1.06. The molecule has 3 N–H and O–H groups in total.